The third kappa shape index (κ3) is 2.65. The molecule has 2 atom stereocenters. The summed E-state index contributed by atoms with van der Waals surface area (Å²) in [6.45, 7) is 0.516. The molecule has 15 heavy (non-hydrogen) atoms. The van der Waals surface area contributed by atoms with Gasteiger partial charge in [0.15, 0.2) is 5.78 Å². The second-order valence-corrected chi connectivity index (χ2v) is 4.61. The number of carbonyl (C=O) groups is 1. The van der Waals surface area contributed by atoms with Crippen LogP contribution >= 0.6 is 11.3 Å². The number of carbonyl (C=O) groups excluding carboxylic acids is 1. The van der Waals surface area contributed by atoms with Crippen LogP contribution in [0, 0.1) is 0 Å². The smallest absolute Gasteiger partial charge is 0.165 e. The highest BCUT2D eigenvalue weighted by Crippen LogP contribution is 2.21. The van der Waals surface area contributed by atoms with Crippen molar-refractivity contribution in [3.8, 4) is 0 Å². The van der Waals surface area contributed by atoms with Crippen molar-refractivity contribution in [3.63, 3.8) is 0 Å². The molecule has 2 unspecified atom stereocenters. The molecule has 4 heteroatoms. The van der Waals surface area contributed by atoms with Crippen LogP contribution in [0.1, 0.15) is 18.4 Å². The highest BCUT2D eigenvalue weighted by molar-refractivity contribution is 7.07. The molecule has 2 rings (SSSR count). The number of Topliss-reactive ketones (excluding diaryl/α,β-unsaturated/α-hetero) is 1. The Balaban J connectivity index is 1.87. The third-order valence-corrected chi connectivity index (χ3v) is 3.42. The fourth-order valence-electron chi connectivity index (χ4n) is 1.82. The zero-order chi connectivity index (χ0) is 10.7. The Morgan fingerprint density at radius 3 is 3.07 bits per heavy atom. The summed E-state index contributed by atoms with van der Waals surface area (Å²) < 4.78 is 5.55. The second kappa shape index (κ2) is 4.88. The molecule has 1 fully saturated rings. The van der Waals surface area contributed by atoms with Gasteiger partial charge < -0.3 is 10.5 Å². The van der Waals surface area contributed by atoms with Crippen LogP contribution in [0.5, 0.6) is 0 Å². The molecule has 0 bridgehead atoms. The predicted molar refractivity (Wildman–Crippen MR) is 60.0 cm³/mol. The lowest BCUT2D eigenvalue weighted by molar-refractivity contribution is -0.128. The van der Waals surface area contributed by atoms with Crippen LogP contribution < -0.4 is 5.73 Å². The van der Waals surface area contributed by atoms with Gasteiger partial charge in [0.2, 0.25) is 0 Å². The number of thiophene rings is 1. The zero-order valence-corrected chi connectivity index (χ0v) is 9.33. The average molecular weight is 225 g/mol. The standard InChI is InChI=1S/C11H15NO2S/c12-6-9-1-2-11(14-9)10(13)5-8-3-4-15-7-8/h3-4,7,9,11H,1-2,5-6,12H2. The molecule has 2 heterocycles. The molecule has 0 saturated carbocycles. The van der Waals surface area contributed by atoms with E-state index in [0.29, 0.717) is 13.0 Å². The van der Waals surface area contributed by atoms with Crippen LogP contribution in [-0.4, -0.2) is 24.5 Å². The van der Waals surface area contributed by atoms with Gasteiger partial charge in [-0.05, 0) is 35.2 Å². The van der Waals surface area contributed by atoms with Gasteiger partial charge in [-0.3, -0.25) is 4.79 Å². The first-order chi connectivity index (χ1) is 7.29. The number of hydrogen-bond donors (Lipinski definition) is 1. The third-order valence-electron chi connectivity index (χ3n) is 2.69. The van der Waals surface area contributed by atoms with Crippen molar-refractivity contribution < 1.29 is 9.53 Å². The van der Waals surface area contributed by atoms with Gasteiger partial charge in [-0.15, -0.1) is 0 Å². The summed E-state index contributed by atoms with van der Waals surface area (Å²) in [7, 11) is 0. The lowest BCUT2D eigenvalue weighted by Crippen LogP contribution is -2.26. The summed E-state index contributed by atoms with van der Waals surface area (Å²) >= 11 is 1.62. The zero-order valence-electron chi connectivity index (χ0n) is 8.52. The molecule has 0 spiro atoms. The van der Waals surface area contributed by atoms with Gasteiger partial charge in [-0.1, -0.05) is 0 Å². The molecule has 0 amide bonds. The second-order valence-electron chi connectivity index (χ2n) is 3.83. The quantitative estimate of drug-likeness (QED) is 0.842. The van der Waals surface area contributed by atoms with Gasteiger partial charge >= 0.3 is 0 Å². The lowest BCUT2D eigenvalue weighted by atomic mass is 10.1. The Morgan fingerprint density at radius 2 is 2.47 bits per heavy atom. The van der Waals surface area contributed by atoms with Crippen molar-refractivity contribution in [1.82, 2.24) is 0 Å². The fourth-order valence-corrected chi connectivity index (χ4v) is 2.49. The topological polar surface area (TPSA) is 52.3 Å². The van der Waals surface area contributed by atoms with Gasteiger partial charge in [0.1, 0.15) is 6.10 Å². The normalized spacial score (nSPS) is 25.7. The van der Waals surface area contributed by atoms with Crippen LogP contribution in [0.15, 0.2) is 16.8 Å². The summed E-state index contributed by atoms with van der Waals surface area (Å²) in [6.07, 6.45) is 2.09. The van der Waals surface area contributed by atoms with E-state index >= 15 is 0 Å². The maximum absolute atomic E-state index is 11.8. The first kappa shape index (κ1) is 10.8. The summed E-state index contributed by atoms with van der Waals surface area (Å²) in [6, 6.07) is 1.98. The van der Waals surface area contributed by atoms with E-state index in [1.54, 1.807) is 11.3 Å². The first-order valence-corrected chi connectivity index (χ1v) is 6.13. The fraction of sp³-hybridized carbons (Fsp3) is 0.545. The Bertz CT molecular complexity index is 323. The highest BCUT2D eigenvalue weighted by Gasteiger charge is 2.29. The number of ether oxygens (including phenoxy) is 1. The molecule has 1 aliphatic rings. The van der Waals surface area contributed by atoms with Gasteiger partial charge in [0.05, 0.1) is 6.10 Å². The summed E-state index contributed by atoms with van der Waals surface area (Å²) in [4.78, 5) is 11.8. The van der Waals surface area contributed by atoms with Crippen molar-refractivity contribution in [2.75, 3.05) is 6.54 Å². The van der Waals surface area contributed by atoms with Gasteiger partial charge in [0, 0.05) is 13.0 Å². The molecule has 3 nitrogen and oxygen atoms in total. The Hall–Kier alpha value is -0.710. The number of rotatable bonds is 4. The minimum Gasteiger partial charge on any atom is -0.366 e. The van der Waals surface area contributed by atoms with Gasteiger partial charge in [-0.25, -0.2) is 0 Å². The van der Waals surface area contributed by atoms with Crippen LogP contribution in [0.4, 0.5) is 0 Å². The van der Waals surface area contributed by atoms with E-state index < -0.39 is 0 Å². The van der Waals surface area contributed by atoms with Crippen molar-refractivity contribution in [2.45, 2.75) is 31.5 Å². The number of hydrogen-bond acceptors (Lipinski definition) is 4. The Labute approximate surface area is 93.2 Å². The van der Waals surface area contributed by atoms with Gasteiger partial charge in [-0.2, -0.15) is 11.3 Å². The Kier molecular flexibility index (Phi) is 3.51. The molecule has 0 aromatic carbocycles. The summed E-state index contributed by atoms with van der Waals surface area (Å²) in [5, 5.41) is 3.99. The van der Waals surface area contributed by atoms with Crippen molar-refractivity contribution in [3.05, 3.63) is 22.4 Å². The van der Waals surface area contributed by atoms with Crippen LogP contribution in [-0.2, 0) is 16.0 Å². The predicted octanol–water partition coefficient (Wildman–Crippen LogP) is 1.37. The van der Waals surface area contributed by atoms with Crippen molar-refractivity contribution in [1.29, 1.82) is 0 Å². The van der Waals surface area contributed by atoms with Crippen LogP contribution in [0.25, 0.3) is 0 Å². The van der Waals surface area contributed by atoms with E-state index in [1.807, 2.05) is 16.8 Å². The Morgan fingerprint density at radius 1 is 1.60 bits per heavy atom. The van der Waals surface area contributed by atoms with Crippen molar-refractivity contribution in [2.24, 2.45) is 5.73 Å². The molecule has 1 aromatic heterocycles. The van der Waals surface area contributed by atoms with E-state index in [0.717, 1.165) is 18.4 Å². The minimum atomic E-state index is -0.224. The minimum absolute atomic E-state index is 0.0847. The molecule has 2 N–H and O–H groups in total. The molecular weight excluding hydrogens is 210 g/mol. The SMILES string of the molecule is NCC1CCC(C(=O)Cc2ccsc2)O1. The average Bonchev–Trinajstić information content (AvgIpc) is 2.86. The van der Waals surface area contributed by atoms with E-state index in [2.05, 4.69) is 0 Å². The molecule has 82 valence electrons. The molecule has 0 radical (unpaired) electrons. The molecule has 1 saturated heterocycles. The van der Waals surface area contributed by atoms with E-state index in [4.69, 9.17) is 10.5 Å². The maximum atomic E-state index is 11.8. The monoisotopic (exact) mass is 225 g/mol. The van der Waals surface area contributed by atoms with Crippen molar-refractivity contribution >= 4 is 17.1 Å². The number of ketones is 1. The van der Waals surface area contributed by atoms with E-state index in [9.17, 15) is 4.79 Å². The summed E-state index contributed by atoms with van der Waals surface area (Å²) in [5.74, 6) is 0.185. The molecule has 1 aromatic rings. The molecular formula is C11H15NO2S. The highest BCUT2D eigenvalue weighted by atomic mass is 32.1. The number of nitrogens with two attached hydrogens (primary N) is 1. The van der Waals surface area contributed by atoms with Gasteiger partial charge in [0.25, 0.3) is 0 Å². The van der Waals surface area contributed by atoms with Crippen LogP contribution in [0.3, 0.4) is 0 Å². The summed E-state index contributed by atoms with van der Waals surface area (Å²) in [5.41, 5.74) is 6.59. The van der Waals surface area contributed by atoms with E-state index in [1.165, 1.54) is 0 Å². The molecule has 0 aliphatic carbocycles. The molecule has 1 aliphatic heterocycles. The van der Waals surface area contributed by atoms with Crippen LogP contribution in [0.2, 0.25) is 0 Å². The maximum Gasteiger partial charge on any atom is 0.165 e. The van der Waals surface area contributed by atoms with E-state index in [-0.39, 0.29) is 18.0 Å². The first-order valence-electron chi connectivity index (χ1n) is 5.19. The largest absolute Gasteiger partial charge is 0.366 e. The lowest BCUT2D eigenvalue weighted by Gasteiger charge is -2.10.